The van der Waals surface area contributed by atoms with E-state index in [1.54, 1.807) is 14.2 Å². The summed E-state index contributed by atoms with van der Waals surface area (Å²) in [6.45, 7) is 1.34. The van der Waals surface area contributed by atoms with Crippen molar-refractivity contribution in [3.05, 3.63) is 0 Å². The van der Waals surface area contributed by atoms with Crippen LogP contribution >= 0.6 is 0 Å². The van der Waals surface area contributed by atoms with Crippen LogP contribution in [0.1, 0.15) is 77.0 Å². The van der Waals surface area contributed by atoms with Crippen LogP contribution in [0.3, 0.4) is 0 Å². The Morgan fingerprint density at radius 3 is 1.31 bits per heavy atom. The molecule has 35 heavy (non-hydrogen) atoms. The molecule has 2 aliphatic heterocycles. The zero-order valence-corrected chi connectivity index (χ0v) is 22.5. The third-order valence-electron chi connectivity index (χ3n) is 9.10. The molecule has 204 valence electrons. The van der Waals surface area contributed by atoms with Crippen molar-refractivity contribution in [2.75, 3.05) is 41.7 Å². The zero-order valence-electron chi connectivity index (χ0n) is 22.5. The van der Waals surface area contributed by atoms with E-state index in [2.05, 4.69) is 0 Å². The molecule has 10 atom stereocenters. The summed E-state index contributed by atoms with van der Waals surface area (Å²) in [4.78, 5) is 0. The van der Waals surface area contributed by atoms with Gasteiger partial charge in [0.15, 0.2) is 12.6 Å². The van der Waals surface area contributed by atoms with Gasteiger partial charge in [-0.15, -0.1) is 0 Å². The van der Waals surface area contributed by atoms with Gasteiger partial charge in [-0.1, -0.05) is 51.4 Å². The van der Waals surface area contributed by atoms with Gasteiger partial charge in [-0.3, -0.25) is 0 Å². The molecule has 4 rings (SSSR count). The van der Waals surface area contributed by atoms with Crippen LogP contribution in [0.15, 0.2) is 0 Å². The number of rotatable bonds is 8. The fraction of sp³-hybridized carbons (Fsp3) is 1.00. The molecular weight excluding hydrogens is 448 g/mol. The van der Waals surface area contributed by atoms with E-state index in [0.717, 1.165) is 25.7 Å². The van der Waals surface area contributed by atoms with Crippen LogP contribution in [0.4, 0.5) is 0 Å². The summed E-state index contributed by atoms with van der Waals surface area (Å²) < 4.78 is 43.6. The minimum Gasteiger partial charge on any atom is -0.384 e. The second kappa shape index (κ2) is 14.0. The van der Waals surface area contributed by atoms with Crippen molar-refractivity contribution >= 4 is 0 Å². The average molecular weight is 499 g/mol. The zero-order chi connectivity index (χ0) is 24.6. The highest BCUT2D eigenvalue weighted by atomic mass is 16.8. The first-order valence-electron chi connectivity index (χ1n) is 14.2. The number of hydrogen-bond acceptors (Lipinski definition) is 7. The van der Waals surface area contributed by atoms with Crippen LogP contribution in [-0.2, 0) is 33.2 Å². The lowest BCUT2D eigenvalue weighted by molar-refractivity contribution is -0.265. The SMILES string of the molecule is COC[C@@H]1[C@H]2CCCCCC[C@@H](OC)[C@@H]1O[C@H]2O[C@@H]1O[C@@H]2[C@H](COC)[C@H]1CCCCCC[C@H]2OC. The van der Waals surface area contributed by atoms with E-state index >= 15 is 0 Å². The van der Waals surface area contributed by atoms with Gasteiger partial charge < -0.3 is 33.2 Å². The Morgan fingerprint density at radius 2 is 0.943 bits per heavy atom. The highest BCUT2D eigenvalue weighted by molar-refractivity contribution is 4.95. The molecule has 0 aromatic carbocycles. The molecule has 2 heterocycles. The van der Waals surface area contributed by atoms with Gasteiger partial charge in [0.2, 0.25) is 0 Å². The Bertz CT molecular complexity index is 554. The highest BCUT2D eigenvalue weighted by Crippen LogP contribution is 2.46. The van der Waals surface area contributed by atoms with Crippen LogP contribution in [0.25, 0.3) is 0 Å². The third kappa shape index (κ3) is 6.60. The maximum atomic E-state index is 6.86. The molecule has 2 saturated heterocycles. The van der Waals surface area contributed by atoms with E-state index in [9.17, 15) is 0 Å². The van der Waals surface area contributed by atoms with Gasteiger partial charge in [-0.2, -0.15) is 0 Å². The topological polar surface area (TPSA) is 64.6 Å². The molecule has 0 aromatic heterocycles. The van der Waals surface area contributed by atoms with Crippen LogP contribution < -0.4 is 0 Å². The summed E-state index contributed by atoms with van der Waals surface area (Å²) in [5.41, 5.74) is 0. The van der Waals surface area contributed by atoms with Gasteiger partial charge >= 0.3 is 0 Å². The molecule has 4 bridgehead atoms. The van der Waals surface area contributed by atoms with Crippen molar-refractivity contribution in [2.45, 2.75) is 114 Å². The van der Waals surface area contributed by atoms with Gasteiger partial charge in [0.25, 0.3) is 0 Å². The lowest BCUT2D eigenvalue weighted by Gasteiger charge is -2.29. The second-order valence-electron chi connectivity index (χ2n) is 11.2. The molecule has 4 fully saturated rings. The largest absolute Gasteiger partial charge is 0.384 e. The van der Waals surface area contributed by atoms with Crippen LogP contribution in [0.5, 0.6) is 0 Å². The van der Waals surface area contributed by atoms with Crippen molar-refractivity contribution in [2.24, 2.45) is 23.7 Å². The van der Waals surface area contributed by atoms with Gasteiger partial charge in [-0.25, -0.2) is 0 Å². The predicted molar refractivity (Wildman–Crippen MR) is 133 cm³/mol. The second-order valence-corrected chi connectivity index (χ2v) is 11.2. The lowest BCUT2D eigenvalue weighted by Crippen LogP contribution is -2.37. The van der Waals surface area contributed by atoms with E-state index < -0.39 is 0 Å². The highest BCUT2D eigenvalue weighted by Gasteiger charge is 2.53. The molecule has 0 N–H and O–H groups in total. The van der Waals surface area contributed by atoms with Gasteiger partial charge in [0.1, 0.15) is 0 Å². The first-order valence-corrected chi connectivity index (χ1v) is 14.2. The standard InChI is InChI=1S/C28H50O7/c1-29-17-21-19-13-9-5-7-11-15-23(31-3)25(21)33-27(19)35-28-20-14-10-6-8-12-16-24(32-4)26(34-28)22(20)18-30-2/h19-28H,5-18H2,1-4H3/t19-,20-,21-,22-,23-,24-,25-,26-,27+,28+/m1/s1. The first kappa shape index (κ1) is 27.7. The molecule has 2 aliphatic carbocycles. The van der Waals surface area contributed by atoms with Gasteiger partial charge in [0.05, 0.1) is 37.6 Å². The van der Waals surface area contributed by atoms with E-state index in [0.29, 0.717) is 13.2 Å². The van der Waals surface area contributed by atoms with Crippen molar-refractivity contribution in [3.8, 4) is 0 Å². The van der Waals surface area contributed by atoms with Crippen molar-refractivity contribution in [1.82, 2.24) is 0 Å². The molecule has 0 amide bonds. The number of fused-ring (bicyclic) bond motifs is 4. The van der Waals surface area contributed by atoms with Gasteiger partial charge in [-0.05, 0) is 25.7 Å². The fourth-order valence-electron chi connectivity index (χ4n) is 7.24. The maximum absolute atomic E-state index is 6.86. The minimum absolute atomic E-state index is 0.00715. The summed E-state index contributed by atoms with van der Waals surface area (Å²) >= 11 is 0. The van der Waals surface area contributed by atoms with Crippen LogP contribution in [-0.4, -0.2) is 78.6 Å². The maximum Gasteiger partial charge on any atom is 0.164 e. The molecule has 2 saturated carbocycles. The Kier molecular flexibility index (Phi) is 11.1. The first-order chi connectivity index (χ1) is 17.2. The Morgan fingerprint density at radius 1 is 0.543 bits per heavy atom. The quantitative estimate of drug-likeness (QED) is 0.469. The summed E-state index contributed by atoms with van der Waals surface area (Å²) in [5.74, 6) is 1.11. The summed E-state index contributed by atoms with van der Waals surface area (Å²) in [6.07, 6.45) is 13.6. The van der Waals surface area contributed by atoms with Crippen molar-refractivity contribution < 1.29 is 33.2 Å². The molecule has 0 radical (unpaired) electrons. The third-order valence-corrected chi connectivity index (χ3v) is 9.10. The number of hydrogen-bond donors (Lipinski definition) is 0. The molecule has 0 aromatic rings. The summed E-state index contributed by atoms with van der Waals surface area (Å²) in [7, 11) is 7.21. The Labute approximate surface area is 212 Å². The van der Waals surface area contributed by atoms with Crippen molar-refractivity contribution in [3.63, 3.8) is 0 Å². The smallest absolute Gasteiger partial charge is 0.164 e. The monoisotopic (exact) mass is 498 g/mol. The Balaban J connectivity index is 1.56. The molecule has 0 unspecified atom stereocenters. The molecule has 4 aliphatic rings. The summed E-state index contributed by atoms with van der Waals surface area (Å²) in [5, 5.41) is 0. The van der Waals surface area contributed by atoms with Crippen molar-refractivity contribution in [1.29, 1.82) is 0 Å². The van der Waals surface area contributed by atoms with Crippen LogP contribution in [0, 0.1) is 23.7 Å². The van der Waals surface area contributed by atoms with E-state index in [-0.39, 0.29) is 60.7 Å². The molecule has 0 spiro atoms. The number of ether oxygens (including phenoxy) is 7. The van der Waals surface area contributed by atoms with E-state index in [1.807, 2.05) is 14.2 Å². The minimum atomic E-state index is -0.295. The molecule has 7 heteroatoms. The van der Waals surface area contributed by atoms with E-state index in [4.69, 9.17) is 33.2 Å². The van der Waals surface area contributed by atoms with E-state index in [1.165, 1.54) is 51.4 Å². The average Bonchev–Trinajstić information content (AvgIpc) is 3.34. The van der Waals surface area contributed by atoms with Crippen LogP contribution in [0.2, 0.25) is 0 Å². The number of methoxy groups -OCH3 is 4. The predicted octanol–water partition coefficient (Wildman–Crippen LogP) is 4.95. The lowest BCUT2D eigenvalue weighted by atomic mass is 9.81. The molecule has 7 nitrogen and oxygen atoms in total. The summed E-state index contributed by atoms with van der Waals surface area (Å²) in [6, 6.07) is 0. The normalized spacial score (nSPS) is 43.2. The fourth-order valence-corrected chi connectivity index (χ4v) is 7.24. The van der Waals surface area contributed by atoms with Gasteiger partial charge in [0, 0.05) is 52.1 Å². The molecular formula is C28H50O7. The Hall–Kier alpha value is -0.280.